The van der Waals surface area contributed by atoms with Crippen LogP contribution in [0.2, 0.25) is 0 Å². The smallest absolute Gasteiger partial charge is 0.233 e. The first kappa shape index (κ1) is 16.4. The zero-order valence-electron chi connectivity index (χ0n) is 12.9. The second-order valence-corrected chi connectivity index (χ2v) is 7.06. The zero-order chi connectivity index (χ0) is 17.0. The number of aromatic nitrogens is 1. The van der Waals surface area contributed by atoms with Gasteiger partial charge >= 0.3 is 0 Å². The first-order valence-corrected chi connectivity index (χ1v) is 9.06. The summed E-state index contributed by atoms with van der Waals surface area (Å²) in [6.45, 7) is 0.241. The van der Waals surface area contributed by atoms with Crippen LogP contribution in [-0.4, -0.2) is 19.9 Å². The lowest BCUT2D eigenvalue weighted by atomic mass is 10.1. The maximum atomic E-state index is 13.3. The molecule has 0 radical (unpaired) electrons. The highest BCUT2D eigenvalue weighted by atomic mass is 32.2. The van der Waals surface area contributed by atoms with E-state index in [1.54, 1.807) is 18.3 Å². The molecule has 0 aliphatic rings. The molecular weight excluding hydrogens is 327 g/mol. The van der Waals surface area contributed by atoms with E-state index in [0.29, 0.717) is 6.42 Å². The van der Waals surface area contributed by atoms with Crippen LogP contribution in [0, 0.1) is 5.82 Å². The molecule has 124 valence electrons. The quantitative estimate of drug-likeness (QED) is 0.719. The van der Waals surface area contributed by atoms with Gasteiger partial charge in [-0.05, 0) is 41.8 Å². The predicted octanol–water partition coefficient (Wildman–Crippen LogP) is 3.44. The Labute approximate surface area is 140 Å². The fourth-order valence-electron chi connectivity index (χ4n) is 2.47. The molecule has 6 heteroatoms. The van der Waals surface area contributed by atoms with E-state index in [2.05, 4.69) is 9.71 Å². The molecule has 0 bridgehead atoms. The number of rotatable bonds is 6. The third kappa shape index (κ3) is 4.10. The molecule has 0 fully saturated rings. The van der Waals surface area contributed by atoms with Gasteiger partial charge in [-0.3, -0.25) is 0 Å². The highest BCUT2D eigenvalue weighted by molar-refractivity contribution is 7.92. The fraction of sp³-hybridized carbons (Fsp3) is 0.111. The molecule has 24 heavy (non-hydrogen) atoms. The van der Waals surface area contributed by atoms with Gasteiger partial charge in [0.1, 0.15) is 5.82 Å². The minimum Gasteiger partial charge on any atom is -0.361 e. The summed E-state index contributed by atoms with van der Waals surface area (Å²) in [5, 5.41) is 1.92. The number of H-pyrrole nitrogens is 1. The van der Waals surface area contributed by atoms with E-state index in [0.717, 1.165) is 27.4 Å². The minimum absolute atomic E-state index is 0.241. The average molecular weight is 344 g/mol. The van der Waals surface area contributed by atoms with Crippen LogP contribution in [0.4, 0.5) is 4.39 Å². The van der Waals surface area contributed by atoms with Crippen molar-refractivity contribution in [3.63, 3.8) is 0 Å². The van der Waals surface area contributed by atoms with Crippen molar-refractivity contribution in [2.75, 3.05) is 6.54 Å². The summed E-state index contributed by atoms with van der Waals surface area (Å²) >= 11 is 0. The molecule has 0 aliphatic carbocycles. The summed E-state index contributed by atoms with van der Waals surface area (Å²) in [4.78, 5) is 3.05. The van der Waals surface area contributed by atoms with Gasteiger partial charge in [-0.25, -0.2) is 17.5 Å². The summed E-state index contributed by atoms with van der Waals surface area (Å²) in [5.74, 6) is -0.310. The van der Waals surface area contributed by atoms with Crippen LogP contribution in [0.25, 0.3) is 17.0 Å². The molecule has 0 saturated carbocycles. The molecule has 0 spiro atoms. The number of aromatic amines is 1. The van der Waals surface area contributed by atoms with Crippen molar-refractivity contribution in [2.45, 2.75) is 6.42 Å². The standard InChI is InChI=1S/C18H17FN2O2S/c19-16-6-7-18-17(12-16)15(13-20-18)8-10-21-24(22,23)11-9-14-4-2-1-3-5-14/h1-7,9,11-13,20-21H,8,10H2. The topological polar surface area (TPSA) is 62.0 Å². The van der Waals surface area contributed by atoms with E-state index >= 15 is 0 Å². The number of hydrogen-bond donors (Lipinski definition) is 2. The molecule has 0 aliphatic heterocycles. The summed E-state index contributed by atoms with van der Waals surface area (Å²) in [5.41, 5.74) is 2.52. The Morgan fingerprint density at radius 1 is 1.12 bits per heavy atom. The van der Waals surface area contributed by atoms with E-state index in [9.17, 15) is 12.8 Å². The predicted molar refractivity (Wildman–Crippen MR) is 94.4 cm³/mol. The second kappa shape index (κ2) is 6.98. The molecule has 0 atom stereocenters. The number of halogens is 1. The average Bonchev–Trinajstić information content (AvgIpc) is 2.96. The first-order valence-electron chi connectivity index (χ1n) is 7.52. The number of benzene rings is 2. The molecule has 1 heterocycles. The van der Waals surface area contributed by atoms with E-state index in [1.165, 1.54) is 12.1 Å². The van der Waals surface area contributed by atoms with Gasteiger partial charge in [0.25, 0.3) is 0 Å². The van der Waals surface area contributed by atoms with Crippen molar-refractivity contribution in [2.24, 2.45) is 0 Å². The lowest BCUT2D eigenvalue weighted by Gasteiger charge is -2.03. The van der Waals surface area contributed by atoms with Crippen molar-refractivity contribution in [3.8, 4) is 0 Å². The van der Waals surface area contributed by atoms with Crippen molar-refractivity contribution in [1.82, 2.24) is 9.71 Å². The van der Waals surface area contributed by atoms with Gasteiger partial charge in [-0.2, -0.15) is 0 Å². The SMILES string of the molecule is O=S(=O)(C=Cc1ccccc1)NCCc1c[nH]c2ccc(F)cc12. The molecule has 2 aromatic carbocycles. The molecular formula is C18H17FN2O2S. The van der Waals surface area contributed by atoms with Crippen LogP contribution < -0.4 is 4.72 Å². The van der Waals surface area contributed by atoms with Crippen LogP contribution >= 0.6 is 0 Å². The van der Waals surface area contributed by atoms with Crippen LogP contribution in [0.1, 0.15) is 11.1 Å². The maximum absolute atomic E-state index is 13.3. The Morgan fingerprint density at radius 3 is 2.71 bits per heavy atom. The maximum Gasteiger partial charge on any atom is 0.233 e. The van der Waals surface area contributed by atoms with Gasteiger partial charge < -0.3 is 4.98 Å². The molecule has 2 N–H and O–H groups in total. The molecule has 0 saturated heterocycles. The van der Waals surface area contributed by atoms with E-state index in [4.69, 9.17) is 0 Å². The summed E-state index contributed by atoms with van der Waals surface area (Å²) in [6, 6.07) is 13.7. The van der Waals surface area contributed by atoms with Crippen LogP contribution in [0.3, 0.4) is 0 Å². The molecule has 3 rings (SSSR count). The Morgan fingerprint density at radius 2 is 1.92 bits per heavy atom. The van der Waals surface area contributed by atoms with Gasteiger partial charge in [-0.15, -0.1) is 0 Å². The van der Waals surface area contributed by atoms with Crippen LogP contribution in [0.5, 0.6) is 0 Å². The van der Waals surface area contributed by atoms with Crippen LogP contribution in [-0.2, 0) is 16.4 Å². The van der Waals surface area contributed by atoms with Crippen molar-refractivity contribution in [1.29, 1.82) is 0 Å². The van der Waals surface area contributed by atoms with Gasteiger partial charge in [-0.1, -0.05) is 30.3 Å². The van der Waals surface area contributed by atoms with E-state index in [-0.39, 0.29) is 12.4 Å². The number of hydrogen-bond acceptors (Lipinski definition) is 2. The Balaban J connectivity index is 1.62. The van der Waals surface area contributed by atoms with Gasteiger partial charge in [0.2, 0.25) is 10.0 Å². The Hall–Kier alpha value is -2.44. The molecule has 0 unspecified atom stereocenters. The summed E-state index contributed by atoms with van der Waals surface area (Å²) in [6.07, 6.45) is 3.80. The monoisotopic (exact) mass is 344 g/mol. The largest absolute Gasteiger partial charge is 0.361 e. The van der Waals surface area contributed by atoms with Crippen molar-refractivity contribution in [3.05, 3.63) is 77.1 Å². The van der Waals surface area contributed by atoms with Gasteiger partial charge in [0.05, 0.1) is 0 Å². The molecule has 0 amide bonds. The lowest BCUT2D eigenvalue weighted by molar-refractivity contribution is 0.591. The van der Waals surface area contributed by atoms with E-state index < -0.39 is 10.0 Å². The molecule has 4 nitrogen and oxygen atoms in total. The summed E-state index contributed by atoms with van der Waals surface area (Å²) < 4.78 is 39.8. The first-order chi connectivity index (χ1) is 11.5. The summed E-state index contributed by atoms with van der Waals surface area (Å²) in [7, 11) is -3.51. The molecule has 3 aromatic rings. The Kier molecular flexibility index (Phi) is 4.78. The normalized spacial score (nSPS) is 12.2. The van der Waals surface area contributed by atoms with Gasteiger partial charge in [0, 0.05) is 29.1 Å². The minimum atomic E-state index is -3.51. The third-order valence-corrected chi connectivity index (χ3v) is 4.77. The number of nitrogens with one attached hydrogen (secondary N) is 2. The molecule has 1 aromatic heterocycles. The van der Waals surface area contributed by atoms with Crippen molar-refractivity contribution >= 4 is 27.0 Å². The third-order valence-electron chi connectivity index (χ3n) is 3.67. The van der Waals surface area contributed by atoms with Crippen molar-refractivity contribution < 1.29 is 12.8 Å². The van der Waals surface area contributed by atoms with Gasteiger partial charge in [0.15, 0.2) is 0 Å². The number of fused-ring (bicyclic) bond motifs is 1. The van der Waals surface area contributed by atoms with Crippen LogP contribution in [0.15, 0.2) is 60.1 Å². The zero-order valence-corrected chi connectivity index (χ0v) is 13.7. The lowest BCUT2D eigenvalue weighted by Crippen LogP contribution is -2.23. The highest BCUT2D eigenvalue weighted by Gasteiger charge is 2.08. The van der Waals surface area contributed by atoms with E-state index in [1.807, 2.05) is 30.3 Å². The highest BCUT2D eigenvalue weighted by Crippen LogP contribution is 2.19. The second-order valence-electron chi connectivity index (χ2n) is 5.41. The Bertz CT molecular complexity index is 963. The number of sulfonamides is 1. The fourth-order valence-corrected chi connectivity index (χ4v) is 3.28.